The molecule has 182 valence electrons. The van der Waals surface area contributed by atoms with E-state index >= 15 is 0 Å². The molecule has 7 aromatic rings. The van der Waals surface area contributed by atoms with Crippen molar-refractivity contribution in [3.63, 3.8) is 0 Å². The van der Waals surface area contributed by atoms with Crippen molar-refractivity contribution in [2.45, 2.75) is 0 Å². The van der Waals surface area contributed by atoms with Gasteiger partial charge >= 0.3 is 0 Å². The van der Waals surface area contributed by atoms with Gasteiger partial charge in [0.1, 0.15) is 0 Å². The first-order chi connectivity index (χ1) is 18.9. The number of fused-ring (bicyclic) bond motifs is 2. The molecule has 0 aliphatic rings. The highest BCUT2D eigenvalue weighted by atomic mass is 16.3. The summed E-state index contributed by atoms with van der Waals surface area (Å²) in [6.07, 6.45) is 3.44. The normalized spacial score (nSPS) is 11.2. The average Bonchev–Trinajstić information content (AvgIpc) is 3.71. The summed E-state index contributed by atoms with van der Waals surface area (Å²) in [6, 6.07) is 45.7. The lowest BCUT2D eigenvalue weighted by molar-refractivity contribution is 0.573. The monoisotopic (exact) mass is 492 g/mol. The molecular formula is C34H24N2O2. The summed E-state index contributed by atoms with van der Waals surface area (Å²) in [4.78, 5) is 4.41. The molecule has 0 saturated carbocycles. The highest BCUT2D eigenvalue weighted by Crippen LogP contribution is 2.50. The van der Waals surface area contributed by atoms with Crippen molar-refractivity contribution in [2.75, 3.05) is 9.80 Å². The molecule has 0 unspecified atom stereocenters. The van der Waals surface area contributed by atoms with E-state index < -0.39 is 0 Å². The van der Waals surface area contributed by atoms with Crippen LogP contribution in [0.3, 0.4) is 0 Å². The molecule has 0 amide bonds. The maximum atomic E-state index is 6.01. The Bertz CT molecular complexity index is 1620. The van der Waals surface area contributed by atoms with E-state index in [2.05, 4.69) is 107 Å². The lowest BCUT2D eigenvalue weighted by Gasteiger charge is -2.30. The first-order valence-electron chi connectivity index (χ1n) is 12.6. The third-order valence-electron chi connectivity index (χ3n) is 6.80. The first-order valence-corrected chi connectivity index (χ1v) is 12.6. The summed E-state index contributed by atoms with van der Waals surface area (Å²) in [5, 5.41) is 4.42. The van der Waals surface area contributed by atoms with Gasteiger partial charge in [0.25, 0.3) is 0 Å². The van der Waals surface area contributed by atoms with E-state index in [0.717, 1.165) is 56.1 Å². The van der Waals surface area contributed by atoms with Crippen molar-refractivity contribution >= 4 is 56.1 Å². The minimum atomic E-state index is 0.755. The van der Waals surface area contributed by atoms with E-state index in [4.69, 9.17) is 8.83 Å². The van der Waals surface area contributed by atoms with Gasteiger partial charge in [-0.25, -0.2) is 0 Å². The van der Waals surface area contributed by atoms with Gasteiger partial charge in [-0.2, -0.15) is 0 Å². The molecule has 0 fully saturated rings. The highest BCUT2D eigenvalue weighted by molar-refractivity contribution is 6.23. The predicted molar refractivity (Wildman–Crippen MR) is 155 cm³/mol. The fourth-order valence-corrected chi connectivity index (χ4v) is 5.25. The Labute approximate surface area is 220 Å². The van der Waals surface area contributed by atoms with Crippen LogP contribution in [-0.4, -0.2) is 0 Å². The second-order valence-corrected chi connectivity index (χ2v) is 9.03. The molecule has 0 radical (unpaired) electrons. The number of hydrogen-bond acceptors (Lipinski definition) is 4. The van der Waals surface area contributed by atoms with Gasteiger partial charge in [0.15, 0.2) is 0 Å². The summed E-state index contributed by atoms with van der Waals surface area (Å²) >= 11 is 0. The zero-order valence-electron chi connectivity index (χ0n) is 20.6. The molecule has 38 heavy (non-hydrogen) atoms. The number of rotatable bonds is 6. The van der Waals surface area contributed by atoms with Gasteiger partial charge in [0.05, 0.1) is 23.9 Å². The molecule has 0 aliphatic carbocycles. The van der Waals surface area contributed by atoms with E-state index in [-0.39, 0.29) is 0 Å². The van der Waals surface area contributed by atoms with Crippen molar-refractivity contribution in [1.29, 1.82) is 0 Å². The number of benzene rings is 5. The Kier molecular flexibility index (Phi) is 5.41. The molecule has 0 aliphatic heterocycles. The number of nitrogens with zero attached hydrogens (tertiary/aromatic N) is 2. The van der Waals surface area contributed by atoms with Crippen LogP contribution in [0.1, 0.15) is 0 Å². The van der Waals surface area contributed by atoms with Crippen LogP contribution < -0.4 is 9.80 Å². The number of hydrogen-bond donors (Lipinski definition) is 0. The second-order valence-electron chi connectivity index (χ2n) is 9.03. The van der Waals surface area contributed by atoms with Crippen LogP contribution in [0.5, 0.6) is 0 Å². The van der Waals surface area contributed by atoms with E-state index in [1.165, 1.54) is 0 Å². The lowest BCUT2D eigenvalue weighted by Crippen LogP contribution is -2.13. The fraction of sp³-hybridized carbons (Fsp3) is 0. The molecule has 7 rings (SSSR count). The molecule has 2 heterocycles. The van der Waals surface area contributed by atoms with Crippen molar-refractivity contribution in [3.05, 3.63) is 146 Å². The van der Waals surface area contributed by atoms with Crippen LogP contribution >= 0.6 is 0 Å². The van der Waals surface area contributed by atoms with E-state index in [1.807, 2.05) is 36.4 Å². The maximum Gasteiger partial charge on any atom is 0.204 e. The lowest BCUT2D eigenvalue weighted by atomic mass is 9.96. The molecule has 0 spiro atoms. The highest BCUT2D eigenvalue weighted by Gasteiger charge is 2.26. The largest absolute Gasteiger partial charge is 0.448 e. The standard InChI is InChI=1S/C34H24N2O2/c1-3-13-25(14-4-1)35(31-21-11-23-37-31)33-27-17-7-9-19-29(27)34(30-20-10-8-18-28(30)33)36(32-22-12-24-38-32)26-15-5-2-6-16-26/h1-24H. The summed E-state index contributed by atoms with van der Waals surface area (Å²) in [5.41, 5.74) is 4.18. The second kappa shape index (κ2) is 9.34. The van der Waals surface area contributed by atoms with Crippen LogP contribution in [0.25, 0.3) is 21.5 Å². The van der Waals surface area contributed by atoms with E-state index in [9.17, 15) is 0 Å². The Morgan fingerprint density at radius 3 is 1.00 bits per heavy atom. The summed E-state index contributed by atoms with van der Waals surface area (Å²) in [7, 11) is 0. The van der Waals surface area contributed by atoms with Gasteiger partial charge in [-0.3, -0.25) is 9.80 Å². The Morgan fingerprint density at radius 2 is 0.684 bits per heavy atom. The van der Waals surface area contributed by atoms with Gasteiger partial charge in [-0.05, 0) is 36.4 Å². The average molecular weight is 493 g/mol. The van der Waals surface area contributed by atoms with Crippen LogP contribution in [0.15, 0.2) is 155 Å². The number of para-hydroxylation sites is 2. The first kappa shape index (κ1) is 22.0. The van der Waals surface area contributed by atoms with Crippen molar-refractivity contribution < 1.29 is 8.83 Å². The minimum Gasteiger partial charge on any atom is -0.448 e. The third kappa shape index (κ3) is 3.62. The molecule has 0 atom stereocenters. The molecule has 4 heteroatoms. The van der Waals surface area contributed by atoms with Crippen LogP contribution in [0.2, 0.25) is 0 Å². The van der Waals surface area contributed by atoms with Gasteiger partial charge < -0.3 is 8.83 Å². The number of furan rings is 2. The Balaban J connectivity index is 1.62. The zero-order valence-corrected chi connectivity index (χ0v) is 20.6. The summed E-state index contributed by atoms with van der Waals surface area (Å²) in [5.74, 6) is 1.51. The Morgan fingerprint density at radius 1 is 0.342 bits per heavy atom. The van der Waals surface area contributed by atoms with Gasteiger partial charge in [-0.15, -0.1) is 0 Å². The van der Waals surface area contributed by atoms with Crippen molar-refractivity contribution in [1.82, 2.24) is 0 Å². The molecule has 5 aromatic carbocycles. The van der Waals surface area contributed by atoms with Crippen molar-refractivity contribution in [2.24, 2.45) is 0 Å². The SMILES string of the molecule is c1ccc(N(c2ccco2)c2c3ccccc3c(N(c3ccccc3)c3ccco3)c3ccccc23)cc1. The maximum absolute atomic E-state index is 6.01. The van der Waals surface area contributed by atoms with Gasteiger partial charge in [0, 0.05) is 45.1 Å². The topological polar surface area (TPSA) is 32.8 Å². The van der Waals surface area contributed by atoms with Crippen LogP contribution in [0.4, 0.5) is 34.5 Å². The fourth-order valence-electron chi connectivity index (χ4n) is 5.25. The summed E-state index contributed by atoms with van der Waals surface area (Å²) < 4.78 is 12.0. The van der Waals surface area contributed by atoms with Crippen LogP contribution in [-0.2, 0) is 0 Å². The Hall–Kier alpha value is -5.22. The zero-order chi connectivity index (χ0) is 25.3. The predicted octanol–water partition coefficient (Wildman–Crippen LogP) is 10.1. The molecule has 2 aromatic heterocycles. The van der Waals surface area contributed by atoms with Gasteiger partial charge in [-0.1, -0.05) is 84.9 Å². The van der Waals surface area contributed by atoms with Gasteiger partial charge in [0.2, 0.25) is 11.8 Å². The summed E-state index contributed by atoms with van der Waals surface area (Å²) in [6.45, 7) is 0. The quantitative estimate of drug-likeness (QED) is 0.171. The van der Waals surface area contributed by atoms with E-state index in [1.54, 1.807) is 12.5 Å². The van der Waals surface area contributed by atoms with E-state index in [0.29, 0.717) is 0 Å². The number of anilines is 6. The minimum absolute atomic E-state index is 0.755. The molecule has 0 N–H and O–H groups in total. The third-order valence-corrected chi connectivity index (χ3v) is 6.80. The molecule has 4 nitrogen and oxygen atoms in total. The van der Waals surface area contributed by atoms with Crippen molar-refractivity contribution in [3.8, 4) is 0 Å². The smallest absolute Gasteiger partial charge is 0.204 e. The molecular weight excluding hydrogens is 468 g/mol. The van der Waals surface area contributed by atoms with Crippen LogP contribution in [0, 0.1) is 0 Å². The molecule has 0 saturated heterocycles. The molecule has 0 bridgehead atoms.